The van der Waals surface area contributed by atoms with E-state index >= 15 is 0 Å². The van der Waals surface area contributed by atoms with E-state index in [1.54, 1.807) is 31.6 Å². The van der Waals surface area contributed by atoms with E-state index in [0.29, 0.717) is 86.0 Å². The number of aliphatic carboxylic acids is 1. The quantitative estimate of drug-likeness (QED) is 0.0743. The molecule has 6 bridgehead atoms. The van der Waals surface area contributed by atoms with Gasteiger partial charge in [0.25, 0.3) is 0 Å². The first-order valence-corrected chi connectivity index (χ1v) is 21.7. The van der Waals surface area contributed by atoms with Gasteiger partial charge < -0.3 is 53.5 Å². The second-order valence-electron chi connectivity index (χ2n) is 14.7. The molecule has 3 aromatic rings. The first-order chi connectivity index (χ1) is 30.7. The number of ether oxygens (including phenoxy) is 7. The van der Waals surface area contributed by atoms with Crippen molar-refractivity contribution in [3.63, 3.8) is 0 Å². The van der Waals surface area contributed by atoms with Crippen LogP contribution in [-0.2, 0) is 41.3 Å². The van der Waals surface area contributed by atoms with E-state index in [-0.39, 0.29) is 92.8 Å². The SMILES string of the molecule is CCc1c(CC)c2cc3nc(cnc4cc(OCCOCCOCC(=O)O)c(OCCOCCOCCOC)cc4ncc4nc(cc1[n-]2)C(CCCO)=C4C)C(C)=C3CCCO.[Gd]. The van der Waals surface area contributed by atoms with Gasteiger partial charge in [-0.05, 0) is 74.7 Å². The second kappa shape index (κ2) is 28.3. The third-order valence-electron chi connectivity index (χ3n) is 10.5. The van der Waals surface area contributed by atoms with E-state index in [1.165, 1.54) is 0 Å². The van der Waals surface area contributed by atoms with Crippen LogP contribution in [-0.4, -0.2) is 134 Å². The fraction of sp³-hybridized carbons (Fsp3) is 0.511. The molecule has 17 heteroatoms. The number of aromatic nitrogens is 5. The van der Waals surface area contributed by atoms with E-state index in [0.717, 1.165) is 68.7 Å². The Morgan fingerprint density at radius 1 is 0.609 bits per heavy atom. The van der Waals surface area contributed by atoms with Crippen LogP contribution in [0.5, 0.6) is 11.5 Å². The number of carbonyl (C=O) groups is 1. The maximum Gasteiger partial charge on any atom is 0.329 e. The standard InChI is InChI=1S/C47H63N5O11.Gd/c1-6-33-34(7-2)38-25-40-36(11-9-13-54)32(4)44(52-40)29-49-42-27-46(63-23-21-60-18-19-61-30-47(55)56)45(62-22-20-59-17-16-58-15-14-57-5)26-41(42)48-28-43-31(3)35(10-8-12-53)39(51-43)24-37(33)50-38;/h24-29,53-54H,6-23,30H2,1-5H3,(H2,48,49,50,51,52,55,56);/p-1. The van der Waals surface area contributed by atoms with E-state index < -0.39 is 12.6 Å². The summed E-state index contributed by atoms with van der Waals surface area (Å²) in [5.41, 5.74) is 11.9. The smallest absolute Gasteiger partial charge is 0.329 e. The number of methoxy groups -OCH3 is 1. The molecule has 5 rings (SSSR count). The number of hydrogen-bond acceptors (Lipinski definition) is 14. The van der Waals surface area contributed by atoms with Gasteiger partial charge in [0.15, 0.2) is 11.5 Å². The van der Waals surface area contributed by atoms with Crippen molar-refractivity contribution in [2.24, 2.45) is 0 Å². The fourth-order valence-corrected chi connectivity index (χ4v) is 7.25. The molecule has 2 aliphatic heterocycles. The van der Waals surface area contributed by atoms with Crippen LogP contribution in [0.15, 0.2) is 36.7 Å². The number of allylic oxidation sites excluding steroid dienone is 4. The van der Waals surface area contributed by atoms with Crippen LogP contribution in [0.4, 0.5) is 0 Å². The summed E-state index contributed by atoms with van der Waals surface area (Å²) < 4.78 is 39.4. The number of aliphatic hydroxyl groups is 2. The van der Waals surface area contributed by atoms with Crippen LogP contribution < -0.4 is 14.5 Å². The number of carboxylic acids is 1. The average Bonchev–Trinajstić information content (AvgIpc) is 3.88. The Kier molecular flexibility index (Phi) is 23.4. The zero-order chi connectivity index (χ0) is 45.0. The predicted molar refractivity (Wildman–Crippen MR) is 240 cm³/mol. The Labute approximate surface area is 407 Å². The van der Waals surface area contributed by atoms with Crippen LogP contribution in [0.25, 0.3) is 44.4 Å². The molecule has 16 nitrogen and oxygen atoms in total. The Hall–Kier alpha value is -3.75. The number of rotatable bonds is 27. The van der Waals surface area contributed by atoms with Gasteiger partial charge in [-0.15, -0.1) is 11.0 Å². The summed E-state index contributed by atoms with van der Waals surface area (Å²) in [5.74, 6) is -0.244. The second-order valence-corrected chi connectivity index (χ2v) is 14.7. The number of carboxylic acid groups (broad SMARTS) is 1. The minimum atomic E-state index is -1.05. The Morgan fingerprint density at radius 2 is 1.03 bits per heavy atom. The van der Waals surface area contributed by atoms with Crippen molar-refractivity contribution in [1.29, 1.82) is 0 Å². The number of aryl methyl sites for hydroxylation is 2. The van der Waals surface area contributed by atoms with Crippen molar-refractivity contribution in [3.8, 4) is 11.5 Å². The van der Waals surface area contributed by atoms with Crippen LogP contribution in [0.2, 0.25) is 0 Å². The van der Waals surface area contributed by atoms with Crippen molar-refractivity contribution in [1.82, 2.24) is 24.9 Å². The van der Waals surface area contributed by atoms with E-state index in [4.69, 9.17) is 63.2 Å². The molecule has 64 heavy (non-hydrogen) atoms. The van der Waals surface area contributed by atoms with Gasteiger partial charge >= 0.3 is 5.97 Å². The van der Waals surface area contributed by atoms with Crippen LogP contribution in [0.1, 0.15) is 87.3 Å². The molecule has 0 spiro atoms. The third kappa shape index (κ3) is 15.2. The number of fused-ring (bicyclic) bond motifs is 7. The zero-order valence-electron chi connectivity index (χ0n) is 37.6. The van der Waals surface area contributed by atoms with Crippen molar-refractivity contribution >= 4 is 50.3 Å². The monoisotopic (exact) mass is 1030 g/mol. The van der Waals surface area contributed by atoms with Crippen molar-refractivity contribution in [3.05, 3.63) is 70.6 Å². The molecule has 0 fully saturated rings. The number of benzene rings is 1. The molecule has 0 saturated heterocycles. The van der Waals surface area contributed by atoms with E-state index in [9.17, 15) is 15.0 Å². The van der Waals surface area contributed by atoms with Crippen LogP contribution >= 0.6 is 0 Å². The first-order valence-electron chi connectivity index (χ1n) is 21.7. The topological polar surface area (TPSA) is 208 Å². The summed E-state index contributed by atoms with van der Waals surface area (Å²) in [6.07, 6.45) is 7.44. The molecule has 0 amide bonds. The third-order valence-corrected chi connectivity index (χ3v) is 10.5. The van der Waals surface area contributed by atoms with Gasteiger partial charge in [-0.25, -0.2) is 14.8 Å². The Bertz CT molecular complexity index is 2260. The van der Waals surface area contributed by atoms with Crippen LogP contribution in [0, 0.1) is 39.9 Å². The van der Waals surface area contributed by atoms with Gasteiger partial charge in [-0.1, -0.05) is 37.1 Å². The summed E-state index contributed by atoms with van der Waals surface area (Å²) in [7, 11) is 1.62. The average molecular weight is 1030 g/mol. The molecule has 0 atom stereocenters. The number of nitrogens with zero attached hydrogens (tertiary/aromatic N) is 5. The van der Waals surface area contributed by atoms with Gasteiger partial charge in [-0.2, -0.15) is 0 Å². The molecule has 3 N–H and O–H groups in total. The van der Waals surface area contributed by atoms with Gasteiger partial charge in [0, 0.05) is 72.4 Å². The molecule has 2 aliphatic rings. The van der Waals surface area contributed by atoms with E-state index in [1.807, 2.05) is 13.8 Å². The summed E-state index contributed by atoms with van der Waals surface area (Å²) >= 11 is 0. The Morgan fingerprint density at radius 3 is 1.44 bits per heavy atom. The molecule has 350 valence electrons. The van der Waals surface area contributed by atoms with Crippen LogP contribution in [0.3, 0.4) is 0 Å². The molecular formula is C47H62GdN5O11-. The minimum Gasteiger partial charge on any atom is -0.657 e. The van der Waals surface area contributed by atoms with Crippen molar-refractivity contribution in [2.75, 3.05) is 93.0 Å². The molecule has 4 heterocycles. The van der Waals surface area contributed by atoms with Gasteiger partial charge in [0.2, 0.25) is 0 Å². The molecule has 1 aromatic carbocycles. The first kappa shape index (κ1) is 52.9. The summed E-state index contributed by atoms with van der Waals surface area (Å²) in [5, 5.41) is 28.5. The summed E-state index contributed by atoms with van der Waals surface area (Å²) in [6, 6.07) is 7.64. The number of hydrogen-bond donors (Lipinski definition) is 3. The molecule has 2 aromatic heterocycles. The zero-order valence-corrected chi connectivity index (χ0v) is 39.9. The fourth-order valence-electron chi connectivity index (χ4n) is 7.25. The Balaban J connectivity index is 0.00000898. The predicted octanol–water partition coefficient (Wildman–Crippen LogP) is 6.05. The van der Waals surface area contributed by atoms with Gasteiger partial charge in [0.05, 0.1) is 99.1 Å². The molecule has 0 unspecified atom stereocenters. The normalized spacial score (nSPS) is 12.4. The molecule has 0 radical (unpaired) electrons. The van der Waals surface area contributed by atoms with Gasteiger partial charge in [0.1, 0.15) is 19.8 Å². The summed E-state index contributed by atoms with van der Waals surface area (Å²) in [6.45, 7) is 11.0. The number of aliphatic hydroxyl groups excluding tert-OH is 2. The summed E-state index contributed by atoms with van der Waals surface area (Å²) in [4.78, 5) is 36.1. The van der Waals surface area contributed by atoms with Gasteiger partial charge in [-0.3, -0.25) is 9.97 Å². The minimum absolute atomic E-state index is 0. The molecule has 0 saturated carbocycles. The maximum atomic E-state index is 10.8. The molecule has 0 aliphatic carbocycles. The van der Waals surface area contributed by atoms with Crippen molar-refractivity contribution in [2.45, 2.75) is 66.2 Å². The molecular weight excluding hydrogens is 968 g/mol. The van der Waals surface area contributed by atoms with E-state index in [2.05, 4.69) is 26.0 Å². The maximum absolute atomic E-state index is 10.8. The van der Waals surface area contributed by atoms with Crippen molar-refractivity contribution < 1.29 is 93.2 Å². The largest absolute Gasteiger partial charge is 0.657 e.